The summed E-state index contributed by atoms with van der Waals surface area (Å²) in [5, 5.41) is 14.1. The molecule has 4 nitrogen and oxygen atoms in total. The van der Waals surface area contributed by atoms with Gasteiger partial charge in [0.05, 0.1) is 4.92 Å². The molecule has 1 N–H and O–H groups in total. The van der Waals surface area contributed by atoms with Crippen molar-refractivity contribution in [3.63, 3.8) is 0 Å². The summed E-state index contributed by atoms with van der Waals surface area (Å²) in [4.78, 5) is 10.6. The van der Waals surface area contributed by atoms with E-state index in [-0.39, 0.29) is 16.7 Å². The van der Waals surface area contributed by atoms with Gasteiger partial charge in [0.15, 0.2) is 0 Å². The monoisotopic (exact) mass is 368 g/mol. The molecule has 0 aliphatic carbocycles. The molecule has 19 heavy (non-hydrogen) atoms. The minimum atomic E-state index is -0.372. The van der Waals surface area contributed by atoms with Crippen LogP contribution in [0.5, 0.6) is 0 Å². The Bertz CT molecular complexity index is 584. The third kappa shape index (κ3) is 3.44. The molecule has 0 fully saturated rings. The third-order valence-corrected chi connectivity index (χ3v) is 3.56. The summed E-state index contributed by atoms with van der Waals surface area (Å²) in [7, 11) is 0. The van der Waals surface area contributed by atoms with Gasteiger partial charge in [0.2, 0.25) is 0 Å². The van der Waals surface area contributed by atoms with E-state index in [0.29, 0.717) is 5.69 Å². The summed E-state index contributed by atoms with van der Waals surface area (Å²) in [5.74, 6) is 0. The number of anilines is 1. The first kappa shape index (κ1) is 13.8. The second-order valence-electron chi connectivity index (χ2n) is 4.19. The normalized spacial score (nSPS) is 11.9. The van der Waals surface area contributed by atoms with Crippen molar-refractivity contribution in [2.24, 2.45) is 0 Å². The van der Waals surface area contributed by atoms with Gasteiger partial charge >= 0.3 is 0 Å². The van der Waals surface area contributed by atoms with Crippen LogP contribution in [-0.4, -0.2) is 4.92 Å². The van der Waals surface area contributed by atoms with Crippen LogP contribution in [0.4, 0.5) is 11.4 Å². The largest absolute Gasteiger partial charge is 0.373 e. The zero-order valence-corrected chi connectivity index (χ0v) is 12.5. The lowest BCUT2D eigenvalue weighted by Crippen LogP contribution is -2.08. The van der Waals surface area contributed by atoms with Crippen molar-refractivity contribution in [2.45, 2.75) is 13.0 Å². The van der Waals surface area contributed by atoms with Gasteiger partial charge in [-0.15, -0.1) is 0 Å². The van der Waals surface area contributed by atoms with Crippen molar-refractivity contribution in [3.05, 3.63) is 67.8 Å². The molecule has 0 spiro atoms. The van der Waals surface area contributed by atoms with Gasteiger partial charge in [-0.25, -0.2) is 0 Å². The Morgan fingerprint density at radius 3 is 2.42 bits per heavy atom. The van der Waals surface area contributed by atoms with Crippen LogP contribution >= 0.6 is 22.6 Å². The molecule has 5 heteroatoms. The molecular formula is C14H13IN2O2. The van der Waals surface area contributed by atoms with Crippen LogP contribution in [-0.2, 0) is 0 Å². The van der Waals surface area contributed by atoms with Crippen molar-refractivity contribution in [3.8, 4) is 0 Å². The highest BCUT2D eigenvalue weighted by molar-refractivity contribution is 14.1. The molecule has 0 aliphatic heterocycles. The fourth-order valence-corrected chi connectivity index (χ4v) is 2.18. The van der Waals surface area contributed by atoms with Gasteiger partial charge in [-0.05, 0) is 53.3 Å². The molecule has 2 rings (SSSR count). The predicted molar refractivity (Wildman–Crippen MR) is 84.3 cm³/mol. The maximum Gasteiger partial charge on any atom is 0.292 e. The lowest BCUT2D eigenvalue weighted by Gasteiger charge is -2.15. The summed E-state index contributed by atoms with van der Waals surface area (Å²) >= 11 is 2.25. The Labute approximate surface area is 125 Å². The molecule has 0 heterocycles. The lowest BCUT2D eigenvalue weighted by molar-refractivity contribution is -0.384. The molecule has 0 radical (unpaired) electrons. The van der Waals surface area contributed by atoms with Gasteiger partial charge < -0.3 is 5.32 Å². The van der Waals surface area contributed by atoms with E-state index in [2.05, 4.69) is 27.9 Å². The van der Waals surface area contributed by atoms with Crippen LogP contribution in [0.2, 0.25) is 0 Å². The van der Waals surface area contributed by atoms with Crippen molar-refractivity contribution in [1.29, 1.82) is 0 Å². The first-order valence-corrected chi connectivity index (χ1v) is 6.91. The second kappa shape index (κ2) is 6.01. The molecule has 0 bridgehead atoms. The van der Waals surface area contributed by atoms with E-state index < -0.39 is 0 Å². The van der Waals surface area contributed by atoms with E-state index in [1.807, 2.05) is 31.2 Å². The number of nitrogens with zero attached hydrogens (tertiary/aromatic N) is 1. The number of rotatable bonds is 4. The number of hydrogen-bond acceptors (Lipinski definition) is 3. The lowest BCUT2D eigenvalue weighted by atomic mass is 10.1. The van der Waals surface area contributed by atoms with Crippen molar-refractivity contribution < 1.29 is 4.92 Å². The number of benzene rings is 2. The summed E-state index contributed by atoms with van der Waals surface area (Å²) < 4.78 is 1.17. The highest BCUT2D eigenvalue weighted by Gasteiger charge is 2.14. The molecule has 0 amide bonds. The fourth-order valence-electron chi connectivity index (χ4n) is 1.82. The molecule has 1 atom stereocenters. The van der Waals surface area contributed by atoms with Gasteiger partial charge in [-0.3, -0.25) is 10.1 Å². The fraction of sp³-hybridized carbons (Fsp3) is 0.143. The molecule has 0 saturated carbocycles. The highest BCUT2D eigenvalue weighted by Crippen LogP contribution is 2.27. The van der Waals surface area contributed by atoms with Crippen LogP contribution in [0.25, 0.3) is 0 Å². The van der Waals surface area contributed by atoms with Gasteiger partial charge in [0.25, 0.3) is 5.69 Å². The predicted octanol–water partition coefficient (Wildman–Crippen LogP) is 4.37. The van der Waals surface area contributed by atoms with Gasteiger partial charge in [-0.2, -0.15) is 0 Å². The van der Waals surface area contributed by atoms with E-state index in [9.17, 15) is 10.1 Å². The Balaban J connectivity index is 2.21. The van der Waals surface area contributed by atoms with Crippen LogP contribution < -0.4 is 5.32 Å². The number of nitro benzene ring substituents is 1. The molecule has 2 aromatic rings. The van der Waals surface area contributed by atoms with Gasteiger partial charge in [-0.1, -0.05) is 24.3 Å². The molecule has 0 aliphatic rings. The molecule has 0 aromatic heterocycles. The van der Waals surface area contributed by atoms with Crippen LogP contribution in [0.15, 0.2) is 48.5 Å². The minimum Gasteiger partial charge on any atom is -0.373 e. The van der Waals surface area contributed by atoms with Crippen molar-refractivity contribution >= 4 is 34.0 Å². The minimum absolute atomic E-state index is 0.0121. The summed E-state index contributed by atoms with van der Waals surface area (Å²) in [5.41, 5.74) is 1.73. The average molecular weight is 368 g/mol. The topological polar surface area (TPSA) is 55.2 Å². The smallest absolute Gasteiger partial charge is 0.292 e. The maximum absolute atomic E-state index is 10.9. The van der Waals surface area contributed by atoms with E-state index in [1.165, 1.54) is 9.64 Å². The van der Waals surface area contributed by atoms with E-state index in [4.69, 9.17) is 0 Å². The van der Waals surface area contributed by atoms with Crippen LogP contribution in [0.1, 0.15) is 18.5 Å². The molecular weight excluding hydrogens is 355 g/mol. The van der Waals surface area contributed by atoms with E-state index in [0.717, 1.165) is 5.56 Å². The molecule has 2 aromatic carbocycles. The number of nitro groups is 1. The van der Waals surface area contributed by atoms with Crippen LogP contribution in [0.3, 0.4) is 0 Å². The maximum atomic E-state index is 10.9. The first-order chi connectivity index (χ1) is 9.08. The standard InChI is InChI=1S/C14H13IN2O2/c1-10(11-6-8-12(15)9-7-11)16-13-4-2-3-5-14(13)17(18)19/h2-10,16H,1H3. The summed E-state index contributed by atoms with van der Waals surface area (Å²) in [6, 6.07) is 14.8. The Morgan fingerprint density at radius 1 is 1.16 bits per heavy atom. The molecule has 0 saturated heterocycles. The quantitative estimate of drug-likeness (QED) is 0.495. The van der Waals surface area contributed by atoms with E-state index >= 15 is 0 Å². The van der Waals surface area contributed by atoms with Crippen molar-refractivity contribution in [2.75, 3.05) is 5.32 Å². The number of hydrogen-bond donors (Lipinski definition) is 1. The van der Waals surface area contributed by atoms with Crippen LogP contribution in [0, 0.1) is 13.7 Å². The zero-order valence-electron chi connectivity index (χ0n) is 10.3. The number of para-hydroxylation sites is 2. The SMILES string of the molecule is CC(Nc1ccccc1[N+](=O)[O-])c1ccc(I)cc1. The van der Waals surface area contributed by atoms with Crippen molar-refractivity contribution in [1.82, 2.24) is 0 Å². The zero-order chi connectivity index (χ0) is 13.8. The van der Waals surface area contributed by atoms with Gasteiger partial charge in [0, 0.05) is 15.7 Å². The summed E-state index contributed by atoms with van der Waals surface area (Å²) in [6.07, 6.45) is 0. The molecule has 1 unspecified atom stereocenters. The second-order valence-corrected chi connectivity index (χ2v) is 5.44. The Morgan fingerprint density at radius 2 is 1.79 bits per heavy atom. The average Bonchev–Trinajstić information content (AvgIpc) is 2.39. The number of nitrogens with one attached hydrogen (secondary N) is 1. The summed E-state index contributed by atoms with van der Waals surface area (Å²) in [6.45, 7) is 1.99. The Kier molecular flexibility index (Phi) is 4.36. The number of halogens is 1. The third-order valence-electron chi connectivity index (χ3n) is 2.84. The first-order valence-electron chi connectivity index (χ1n) is 5.83. The molecule has 98 valence electrons. The van der Waals surface area contributed by atoms with Gasteiger partial charge in [0.1, 0.15) is 5.69 Å². The van der Waals surface area contributed by atoms with E-state index in [1.54, 1.807) is 18.2 Å². The highest BCUT2D eigenvalue weighted by atomic mass is 127. The Hall–Kier alpha value is -1.63.